The summed E-state index contributed by atoms with van der Waals surface area (Å²) >= 11 is 6.11. The second-order valence-corrected chi connectivity index (χ2v) is 6.15. The van der Waals surface area contributed by atoms with Crippen molar-refractivity contribution in [1.82, 2.24) is 14.6 Å². The lowest BCUT2D eigenvalue weighted by atomic mass is 10.1. The molecule has 2 aromatic carbocycles. The zero-order valence-corrected chi connectivity index (χ0v) is 15.1. The van der Waals surface area contributed by atoms with Gasteiger partial charge >= 0.3 is 0 Å². The molecule has 0 fully saturated rings. The molecule has 2 aromatic heterocycles. The Bertz CT molecular complexity index is 1090. The number of nitrogens with zero attached hydrogens (tertiary/aromatic N) is 3. The molecule has 4 aromatic rings. The Morgan fingerprint density at radius 3 is 2.50 bits per heavy atom. The van der Waals surface area contributed by atoms with Crippen LogP contribution in [0, 0.1) is 0 Å². The van der Waals surface area contributed by atoms with Gasteiger partial charge in [0, 0.05) is 16.1 Å². The molecule has 4 rings (SSSR count). The van der Waals surface area contributed by atoms with Crippen LogP contribution in [0.2, 0.25) is 5.02 Å². The van der Waals surface area contributed by atoms with Gasteiger partial charge in [0.25, 0.3) is 0 Å². The highest BCUT2D eigenvalue weighted by Crippen LogP contribution is 2.32. The van der Waals surface area contributed by atoms with Crippen molar-refractivity contribution in [3.05, 3.63) is 65.8 Å². The fourth-order valence-electron chi connectivity index (χ4n) is 2.87. The molecule has 0 spiro atoms. The van der Waals surface area contributed by atoms with E-state index in [0.717, 1.165) is 28.2 Å². The summed E-state index contributed by atoms with van der Waals surface area (Å²) in [4.78, 5) is 4.45. The quantitative estimate of drug-likeness (QED) is 0.524. The van der Waals surface area contributed by atoms with Crippen molar-refractivity contribution in [1.29, 1.82) is 0 Å². The van der Waals surface area contributed by atoms with Gasteiger partial charge in [-0.1, -0.05) is 23.7 Å². The molecule has 0 radical (unpaired) electrons. The first-order valence-electron chi connectivity index (χ1n) is 8.03. The molecule has 0 aliphatic carbocycles. The number of aromatic nitrogens is 3. The molecule has 130 valence electrons. The van der Waals surface area contributed by atoms with E-state index in [-0.39, 0.29) is 0 Å². The van der Waals surface area contributed by atoms with Crippen molar-refractivity contribution in [3.8, 4) is 34.0 Å². The molecule has 6 heteroatoms. The first-order chi connectivity index (χ1) is 12.7. The van der Waals surface area contributed by atoms with Crippen molar-refractivity contribution < 1.29 is 9.47 Å². The normalized spacial score (nSPS) is 10.9. The first kappa shape index (κ1) is 16.4. The summed E-state index contributed by atoms with van der Waals surface area (Å²) < 4.78 is 12.5. The standard InChI is InChI=1S/C20H16ClN3O2/c1-25-18-8-6-14(11-19(18)26-2)17-12-22-20-9-7-16(23-24(17)20)13-4-3-5-15(21)10-13/h3-12H,1-2H3. The Labute approximate surface area is 155 Å². The zero-order chi connectivity index (χ0) is 18.1. The van der Waals surface area contributed by atoms with Gasteiger partial charge in [-0.15, -0.1) is 0 Å². The summed E-state index contributed by atoms with van der Waals surface area (Å²) in [6.45, 7) is 0. The van der Waals surface area contributed by atoms with Crippen LogP contribution in [0.4, 0.5) is 0 Å². The van der Waals surface area contributed by atoms with E-state index in [2.05, 4.69) is 4.98 Å². The number of methoxy groups -OCH3 is 2. The molecule has 0 saturated carbocycles. The molecule has 2 heterocycles. The molecule has 26 heavy (non-hydrogen) atoms. The molecule has 0 saturated heterocycles. The molecule has 0 N–H and O–H groups in total. The SMILES string of the molecule is COc1ccc(-c2cnc3ccc(-c4cccc(Cl)c4)nn23)cc1OC. The third-order valence-electron chi connectivity index (χ3n) is 4.16. The van der Waals surface area contributed by atoms with Crippen LogP contribution in [0.5, 0.6) is 11.5 Å². The highest BCUT2D eigenvalue weighted by Gasteiger charge is 2.12. The molecule has 0 unspecified atom stereocenters. The molecule has 0 aliphatic rings. The summed E-state index contributed by atoms with van der Waals surface area (Å²) in [7, 11) is 3.23. The highest BCUT2D eigenvalue weighted by molar-refractivity contribution is 6.30. The van der Waals surface area contributed by atoms with Crippen LogP contribution in [0.1, 0.15) is 0 Å². The number of fused-ring (bicyclic) bond motifs is 1. The van der Waals surface area contributed by atoms with Gasteiger partial charge in [-0.05, 0) is 42.5 Å². The monoisotopic (exact) mass is 365 g/mol. The molecule has 0 aliphatic heterocycles. The fraction of sp³-hybridized carbons (Fsp3) is 0.100. The summed E-state index contributed by atoms with van der Waals surface area (Å²) in [5.74, 6) is 1.34. The van der Waals surface area contributed by atoms with Crippen LogP contribution in [0.25, 0.3) is 28.2 Å². The average molecular weight is 366 g/mol. The maximum Gasteiger partial charge on any atom is 0.161 e. The molecule has 0 atom stereocenters. The van der Waals surface area contributed by atoms with Crippen LogP contribution in [0.15, 0.2) is 60.8 Å². The van der Waals surface area contributed by atoms with Crippen molar-refractivity contribution in [2.24, 2.45) is 0 Å². The number of imidazole rings is 1. The largest absolute Gasteiger partial charge is 0.493 e. The second kappa shape index (κ2) is 6.69. The van der Waals surface area contributed by atoms with Crippen LogP contribution in [-0.2, 0) is 0 Å². The zero-order valence-electron chi connectivity index (χ0n) is 14.3. The maximum atomic E-state index is 6.11. The van der Waals surface area contributed by atoms with Crippen LogP contribution in [0.3, 0.4) is 0 Å². The van der Waals surface area contributed by atoms with Gasteiger partial charge in [0.1, 0.15) is 0 Å². The fourth-order valence-corrected chi connectivity index (χ4v) is 3.06. The topological polar surface area (TPSA) is 48.7 Å². The van der Waals surface area contributed by atoms with Crippen molar-refractivity contribution in [2.45, 2.75) is 0 Å². The number of hydrogen-bond acceptors (Lipinski definition) is 4. The predicted molar refractivity (Wildman–Crippen MR) is 102 cm³/mol. The van der Waals surface area contributed by atoms with Crippen LogP contribution in [-0.4, -0.2) is 28.8 Å². The predicted octanol–water partition coefficient (Wildman–Crippen LogP) is 4.73. The summed E-state index contributed by atoms with van der Waals surface area (Å²) in [5.41, 5.74) is 4.34. The Kier molecular flexibility index (Phi) is 4.22. The Hall–Kier alpha value is -3.05. The van der Waals surface area contributed by atoms with E-state index in [1.807, 2.05) is 59.1 Å². The second-order valence-electron chi connectivity index (χ2n) is 5.71. The van der Waals surface area contributed by atoms with Gasteiger partial charge < -0.3 is 9.47 Å². The Balaban J connectivity index is 1.85. The van der Waals surface area contributed by atoms with E-state index < -0.39 is 0 Å². The van der Waals surface area contributed by atoms with E-state index in [1.165, 1.54) is 0 Å². The minimum Gasteiger partial charge on any atom is -0.493 e. The lowest BCUT2D eigenvalue weighted by Gasteiger charge is -2.09. The van der Waals surface area contributed by atoms with Gasteiger partial charge in [-0.2, -0.15) is 5.10 Å². The van der Waals surface area contributed by atoms with Crippen molar-refractivity contribution in [3.63, 3.8) is 0 Å². The number of benzene rings is 2. The third-order valence-corrected chi connectivity index (χ3v) is 4.40. The lowest BCUT2D eigenvalue weighted by molar-refractivity contribution is 0.355. The molecular weight excluding hydrogens is 350 g/mol. The van der Waals surface area contributed by atoms with Crippen molar-refractivity contribution >= 4 is 17.2 Å². The van der Waals surface area contributed by atoms with Gasteiger partial charge in [0.15, 0.2) is 17.1 Å². The van der Waals surface area contributed by atoms with Gasteiger partial charge in [-0.3, -0.25) is 0 Å². The molecular formula is C20H16ClN3O2. The average Bonchev–Trinajstić information content (AvgIpc) is 3.10. The van der Waals surface area contributed by atoms with E-state index in [0.29, 0.717) is 16.5 Å². The van der Waals surface area contributed by atoms with Gasteiger partial charge in [0.2, 0.25) is 0 Å². The van der Waals surface area contributed by atoms with Crippen molar-refractivity contribution in [2.75, 3.05) is 14.2 Å². The van der Waals surface area contributed by atoms with E-state index >= 15 is 0 Å². The number of hydrogen-bond donors (Lipinski definition) is 0. The highest BCUT2D eigenvalue weighted by atomic mass is 35.5. The first-order valence-corrected chi connectivity index (χ1v) is 8.40. The van der Waals surface area contributed by atoms with Gasteiger partial charge in [-0.25, -0.2) is 9.50 Å². The lowest BCUT2D eigenvalue weighted by Crippen LogP contribution is -1.97. The van der Waals surface area contributed by atoms with Crippen LogP contribution < -0.4 is 9.47 Å². The third kappa shape index (κ3) is 2.86. The number of rotatable bonds is 4. The minimum absolute atomic E-state index is 0.658. The van der Waals surface area contributed by atoms with E-state index in [4.69, 9.17) is 26.2 Å². The maximum absolute atomic E-state index is 6.11. The minimum atomic E-state index is 0.658. The molecule has 5 nitrogen and oxygen atoms in total. The smallest absolute Gasteiger partial charge is 0.161 e. The number of halogens is 1. The Morgan fingerprint density at radius 1 is 0.885 bits per heavy atom. The summed E-state index contributed by atoms with van der Waals surface area (Å²) in [6, 6.07) is 17.2. The van der Waals surface area contributed by atoms with Crippen LogP contribution >= 0.6 is 11.6 Å². The van der Waals surface area contributed by atoms with Gasteiger partial charge in [0.05, 0.1) is 31.8 Å². The summed E-state index contributed by atoms with van der Waals surface area (Å²) in [6.07, 6.45) is 1.80. The van der Waals surface area contributed by atoms with E-state index in [1.54, 1.807) is 20.4 Å². The number of ether oxygens (including phenoxy) is 2. The molecule has 0 amide bonds. The van der Waals surface area contributed by atoms with E-state index in [9.17, 15) is 0 Å². The molecule has 0 bridgehead atoms. The summed E-state index contributed by atoms with van der Waals surface area (Å²) in [5, 5.41) is 5.42. The Morgan fingerprint density at radius 2 is 1.73 bits per heavy atom.